The molecule has 0 bridgehead atoms. The van der Waals surface area contributed by atoms with Crippen LogP contribution in [0.2, 0.25) is 0 Å². The second kappa shape index (κ2) is 8.01. The van der Waals surface area contributed by atoms with Gasteiger partial charge in [-0.1, -0.05) is 97.1 Å². The average Bonchev–Trinajstić information content (AvgIpc) is 2.77. The molecular formula is C26H22O2. The molecule has 0 amide bonds. The third-order valence-electron chi connectivity index (χ3n) is 5.05. The zero-order valence-corrected chi connectivity index (χ0v) is 15.7. The molecule has 1 N–H and O–H groups in total. The fourth-order valence-electron chi connectivity index (χ4n) is 3.72. The van der Waals surface area contributed by atoms with Crippen molar-refractivity contribution in [1.82, 2.24) is 0 Å². The molecule has 0 aliphatic carbocycles. The number of ether oxygens (including phenoxy) is 1. The second-order valence-electron chi connectivity index (χ2n) is 6.70. The Morgan fingerprint density at radius 1 is 0.643 bits per heavy atom. The quantitative estimate of drug-likeness (QED) is 0.423. The summed E-state index contributed by atoms with van der Waals surface area (Å²) in [6.07, 6.45) is 0. The number of phenolic OH excluding ortho intramolecular Hbond substituents is 1. The van der Waals surface area contributed by atoms with E-state index in [1.165, 1.54) is 0 Å². The van der Waals surface area contributed by atoms with E-state index in [9.17, 15) is 5.11 Å². The number of hydrogen-bond donors (Lipinski definition) is 1. The molecular weight excluding hydrogens is 344 g/mol. The standard InChI is InChI=1S/C26H22O2/c1-28-24-18-9-8-15-22(24)25(20-13-6-3-7-14-20)23-17-10-16-21(26(23)27)19-11-4-2-5-12-19/h2-18,25,27H,1H3. The van der Waals surface area contributed by atoms with Gasteiger partial charge in [0.05, 0.1) is 7.11 Å². The Balaban J connectivity index is 1.94. The van der Waals surface area contributed by atoms with Crippen LogP contribution in [0.1, 0.15) is 22.6 Å². The first-order valence-electron chi connectivity index (χ1n) is 9.34. The lowest BCUT2D eigenvalue weighted by atomic mass is 9.83. The monoisotopic (exact) mass is 366 g/mol. The Bertz CT molecular complexity index is 1060. The van der Waals surface area contributed by atoms with Crippen LogP contribution in [0.15, 0.2) is 103 Å². The summed E-state index contributed by atoms with van der Waals surface area (Å²) >= 11 is 0. The van der Waals surface area contributed by atoms with Gasteiger partial charge in [0, 0.05) is 22.6 Å². The van der Waals surface area contributed by atoms with Crippen LogP contribution in [-0.2, 0) is 0 Å². The average molecular weight is 366 g/mol. The zero-order valence-electron chi connectivity index (χ0n) is 15.7. The Kier molecular flexibility index (Phi) is 5.11. The summed E-state index contributed by atoms with van der Waals surface area (Å²) in [5, 5.41) is 11.3. The lowest BCUT2D eigenvalue weighted by molar-refractivity contribution is 0.408. The number of para-hydroxylation sites is 2. The van der Waals surface area contributed by atoms with Crippen LogP contribution in [0, 0.1) is 0 Å². The van der Waals surface area contributed by atoms with E-state index in [0.29, 0.717) is 5.75 Å². The number of aromatic hydroxyl groups is 1. The van der Waals surface area contributed by atoms with Gasteiger partial charge in [-0.2, -0.15) is 0 Å². The van der Waals surface area contributed by atoms with E-state index < -0.39 is 0 Å². The molecule has 28 heavy (non-hydrogen) atoms. The molecule has 0 spiro atoms. The molecule has 4 aromatic rings. The molecule has 0 radical (unpaired) electrons. The predicted molar refractivity (Wildman–Crippen MR) is 114 cm³/mol. The number of methoxy groups -OCH3 is 1. The van der Waals surface area contributed by atoms with Crippen molar-refractivity contribution < 1.29 is 9.84 Å². The van der Waals surface area contributed by atoms with E-state index in [-0.39, 0.29) is 5.92 Å². The van der Waals surface area contributed by atoms with Gasteiger partial charge in [-0.05, 0) is 17.2 Å². The van der Waals surface area contributed by atoms with Gasteiger partial charge in [-0.25, -0.2) is 0 Å². The van der Waals surface area contributed by atoms with E-state index in [1.54, 1.807) is 7.11 Å². The number of benzene rings is 4. The largest absolute Gasteiger partial charge is 0.507 e. The molecule has 1 atom stereocenters. The van der Waals surface area contributed by atoms with Crippen LogP contribution < -0.4 is 4.74 Å². The number of rotatable bonds is 5. The molecule has 4 rings (SSSR count). The van der Waals surface area contributed by atoms with E-state index in [1.807, 2.05) is 84.9 Å². The van der Waals surface area contributed by atoms with Gasteiger partial charge in [0.2, 0.25) is 0 Å². The molecule has 0 saturated heterocycles. The molecule has 0 aliphatic heterocycles. The maximum atomic E-state index is 11.3. The fourth-order valence-corrected chi connectivity index (χ4v) is 3.72. The van der Waals surface area contributed by atoms with Crippen molar-refractivity contribution in [2.24, 2.45) is 0 Å². The third-order valence-corrected chi connectivity index (χ3v) is 5.05. The molecule has 0 aromatic heterocycles. The van der Waals surface area contributed by atoms with E-state index in [2.05, 4.69) is 18.2 Å². The summed E-state index contributed by atoms with van der Waals surface area (Å²) < 4.78 is 5.64. The first kappa shape index (κ1) is 17.9. The van der Waals surface area contributed by atoms with E-state index in [0.717, 1.165) is 33.6 Å². The minimum Gasteiger partial charge on any atom is -0.507 e. The molecule has 0 fully saturated rings. The second-order valence-corrected chi connectivity index (χ2v) is 6.70. The molecule has 0 saturated carbocycles. The first-order valence-corrected chi connectivity index (χ1v) is 9.34. The fraction of sp³-hybridized carbons (Fsp3) is 0.0769. The Hall–Kier alpha value is -3.52. The van der Waals surface area contributed by atoms with Crippen LogP contribution in [0.3, 0.4) is 0 Å². The third kappa shape index (κ3) is 3.37. The van der Waals surface area contributed by atoms with Crippen molar-refractivity contribution in [3.8, 4) is 22.6 Å². The smallest absolute Gasteiger partial charge is 0.127 e. The maximum absolute atomic E-state index is 11.3. The Morgan fingerprint density at radius 2 is 1.25 bits per heavy atom. The number of phenols is 1. The maximum Gasteiger partial charge on any atom is 0.127 e. The van der Waals surface area contributed by atoms with Crippen LogP contribution >= 0.6 is 0 Å². The van der Waals surface area contributed by atoms with E-state index >= 15 is 0 Å². The SMILES string of the molecule is COc1ccccc1C(c1ccccc1)c1cccc(-c2ccccc2)c1O. The summed E-state index contributed by atoms with van der Waals surface area (Å²) in [6, 6.07) is 34.1. The van der Waals surface area contributed by atoms with Gasteiger partial charge in [0.25, 0.3) is 0 Å². The molecule has 2 heteroatoms. The topological polar surface area (TPSA) is 29.5 Å². The van der Waals surface area contributed by atoms with Crippen molar-refractivity contribution in [3.05, 3.63) is 120 Å². The predicted octanol–water partition coefficient (Wildman–Crippen LogP) is 6.25. The van der Waals surface area contributed by atoms with Crippen LogP contribution in [0.25, 0.3) is 11.1 Å². The van der Waals surface area contributed by atoms with Crippen molar-refractivity contribution in [2.45, 2.75) is 5.92 Å². The molecule has 2 nitrogen and oxygen atoms in total. The van der Waals surface area contributed by atoms with Crippen molar-refractivity contribution in [3.63, 3.8) is 0 Å². The molecule has 0 heterocycles. The van der Waals surface area contributed by atoms with Gasteiger partial charge < -0.3 is 9.84 Å². The summed E-state index contributed by atoms with van der Waals surface area (Å²) in [6.45, 7) is 0. The summed E-state index contributed by atoms with van der Waals surface area (Å²) in [5.41, 5.74) is 4.81. The summed E-state index contributed by atoms with van der Waals surface area (Å²) in [7, 11) is 1.68. The van der Waals surface area contributed by atoms with Gasteiger partial charge in [0.1, 0.15) is 11.5 Å². The van der Waals surface area contributed by atoms with Crippen LogP contribution in [-0.4, -0.2) is 12.2 Å². The molecule has 1 unspecified atom stereocenters. The highest BCUT2D eigenvalue weighted by Gasteiger charge is 2.24. The minimum atomic E-state index is -0.138. The molecule has 4 aromatic carbocycles. The Morgan fingerprint density at radius 3 is 1.96 bits per heavy atom. The highest BCUT2D eigenvalue weighted by molar-refractivity contribution is 5.73. The highest BCUT2D eigenvalue weighted by Crippen LogP contribution is 2.43. The summed E-state index contributed by atoms with van der Waals surface area (Å²) in [5.74, 6) is 0.968. The lowest BCUT2D eigenvalue weighted by Crippen LogP contribution is -2.06. The van der Waals surface area contributed by atoms with Crippen molar-refractivity contribution in [2.75, 3.05) is 7.11 Å². The lowest BCUT2D eigenvalue weighted by Gasteiger charge is -2.23. The molecule has 138 valence electrons. The minimum absolute atomic E-state index is 0.138. The van der Waals surface area contributed by atoms with Crippen molar-refractivity contribution >= 4 is 0 Å². The zero-order chi connectivity index (χ0) is 19.3. The van der Waals surface area contributed by atoms with Gasteiger partial charge in [0.15, 0.2) is 0 Å². The highest BCUT2D eigenvalue weighted by atomic mass is 16.5. The summed E-state index contributed by atoms with van der Waals surface area (Å²) in [4.78, 5) is 0. The molecule has 0 aliphatic rings. The number of hydrogen-bond acceptors (Lipinski definition) is 2. The normalized spacial score (nSPS) is 11.8. The van der Waals surface area contributed by atoms with E-state index in [4.69, 9.17) is 4.74 Å². The van der Waals surface area contributed by atoms with Crippen LogP contribution in [0.5, 0.6) is 11.5 Å². The Labute approximate surface area is 165 Å². The van der Waals surface area contributed by atoms with Gasteiger partial charge >= 0.3 is 0 Å². The van der Waals surface area contributed by atoms with Crippen molar-refractivity contribution in [1.29, 1.82) is 0 Å². The van der Waals surface area contributed by atoms with Gasteiger partial charge in [-0.15, -0.1) is 0 Å². The van der Waals surface area contributed by atoms with Crippen LogP contribution in [0.4, 0.5) is 0 Å². The first-order chi connectivity index (χ1) is 13.8. The van der Waals surface area contributed by atoms with Gasteiger partial charge in [-0.3, -0.25) is 0 Å².